The van der Waals surface area contributed by atoms with Crippen LogP contribution in [-0.4, -0.2) is 11.7 Å². The molecule has 2 saturated carbocycles. The molecule has 3 rings (SSSR count). The maximum Gasteiger partial charge on any atom is 0.0951 e. The van der Waals surface area contributed by atoms with Crippen molar-refractivity contribution in [3.63, 3.8) is 0 Å². The standard InChI is InChI=1S/C9H14O/c1-2-7-3-4-8-9(5-1,6-7)10-8/h7-8H,1-6H2. The summed E-state index contributed by atoms with van der Waals surface area (Å²) in [4.78, 5) is 0. The molecule has 10 heavy (non-hydrogen) atoms. The second-order valence-corrected chi connectivity index (χ2v) is 4.21. The maximum absolute atomic E-state index is 5.74. The van der Waals surface area contributed by atoms with Gasteiger partial charge in [0.05, 0.1) is 11.7 Å². The van der Waals surface area contributed by atoms with Crippen LogP contribution in [0.1, 0.15) is 38.5 Å². The van der Waals surface area contributed by atoms with E-state index in [-0.39, 0.29) is 0 Å². The van der Waals surface area contributed by atoms with Crippen LogP contribution in [0.25, 0.3) is 0 Å². The summed E-state index contributed by atoms with van der Waals surface area (Å²) in [5.74, 6) is 1.03. The van der Waals surface area contributed by atoms with Crippen LogP contribution in [0.4, 0.5) is 0 Å². The number of ether oxygens (including phenoxy) is 1. The summed E-state index contributed by atoms with van der Waals surface area (Å²) in [6.45, 7) is 0. The zero-order valence-electron chi connectivity index (χ0n) is 6.31. The quantitative estimate of drug-likeness (QED) is 0.467. The Morgan fingerprint density at radius 1 is 1.20 bits per heavy atom. The first kappa shape index (κ1) is 5.59. The van der Waals surface area contributed by atoms with E-state index >= 15 is 0 Å². The largest absolute Gasteiger partial charge is 0.366 e. The molecule has 0 N–H and O–H groups in total. The van der Waals surface area contributed by atoms with Crippen LogP contribution in [0.5, 0.6) is 0 Å². The van der Waals surface area contributed by atoms with Gasteiger partial charge in [-0.3, -0.25) is 0 Å². The molecule has 1 aliphatic heterocycles. The molecular weight excluding hydrogens is 124 g/mol. The van der Waals surface area contributed by atoms with E-state index < -0.39 is 0 Å². The molecule has 3 unspecified atom stereocenters. The monoisotopic (exact) mass is 138 g/mol. The van der Waals surface area contributed by atoms with Crippen LogP contribution in [0.3, 0.4) is 0 Å². The average molecular weight is 138 g/mol. The lowest BCUT2D eigenvalue weighted by Gasteiger charge is -2.30. The van der Waals surface area contributed by atoms with Gasteiger partial charge in [0.1, 0.15) is 0 Å². The van der Waals surface area contributed by atoms with Gasteiger partial charge in [0.25, 0.3) is 0 Å². The van der Waals surface area contributed by atoms with E-state index in [1.54, 1.807) is 0 Å². The van der Waals surface area contributed by atoms with E-state index in [4.69, 9.17) is 4.74 Å². The van der Waals surface area contributed by atoms with Gasteiger partial charge in [0, 0.05) is 0 Å². The van der Waals surface area contributed by atoms with Crippen molar-refractivity contribution in [2.24, 2.45) is 5.92 Å². The second kappa shape index (κ2) is 1.58. The Morgan fingerprint density at radius 3 is 3.10 bits per heavy atom. The molecule has 3 atom stereocenters. The van der Waals surface area contributed by atoms with E-state index in [1.165, 1.54) is 38.5 Å². The normalized spacial score (nSPS) is 57.6. The fourth-order valence-corrected chi connectivity index (χ4v) is 2.99. The van der Waals surface area contributed by atoms with Crippen molar-refractivity contribution in [1.82, 2.24) is 0 Å². The molecule has 3 fully saturated rings. The van der Waals surface area contributed by atoms with Crippen LogP contribution in [0.15, 0.2) is 0 Å². The van der Waals surface area contributed by atoms with Crippen LogP contribution < -0.4 is 0 Å². The third-order valence-electron chi connectivity index (χ3n) is 3.59. The third kappa shape index (κ3) is 0.572. The molecule has 2 aliphatic carbocycles. The lowest BCUT2D eigenvalue weighted by molar-refractivity contribution is 0.188. The number of rotatable bonds is 0. The molecule has 56 valence electrons. The molecule has 1 heterocycles. The zero-order chi connectivity index (χ0) is 6.60. The summed E-state index contributed by atoms with van der Waals surface area (Å²) < 4.78 is 5.74. The van der Waals surface area contributed by atoms with Crippen LogP contribution in [0, 0.1) is 5.92 Å². The molecule has 0 amide bonds. The van der Waals surface area contributed by atoms with Crippen molar-refractivity contribution in [2.75, 3.05) is 0 Å². The Kier molecular flexibility index (Phi) is 0.883. The van der Waals surface area contributed by atoms with E-state index in [9.17, 15) is 0 Å². The van der Waals surface area contributed by atoms with E-state index in [2.05, 4.69) is 0 Å². The number of hydrogen-bond donors (Lipinski definition) is 0. The van der Waals surface area contributed by atoms with Crippen molar-refractivity contribution in [2.45, 2.75) is 50.2 Å². The summed E-state index contributed by atoms with van der Waals surface area (Å²) in [7, 11) is 0. The fraction of sp³-hybridized carbons (Fsp3) is 1.00. The number of hydrogen-bond acceptors (Lipinski definition) is 1. The van der Waals surface area contributed by atoms with Gasteiger partial charge in [-0.2, -0.15) is 0 Å². The molecule has 0 aromatic heterocycles. The minimum Gasteiger partial charge on any atom is -0.366 e. The van der Waals surface area contributed by atoms with Crippen molar-refractivity contribution < 1.29 is 4.74 Å². The van der Waals surface area contributed by atoms with E-state index in [0.29, 0.717) is 11.7 Å². The fourth-order valence-electron chi connectivity index (χ4n) is 2.99. The van der Waals surface area contributed by atoms with Crippen LogP contribution in [0.2, 0.25) is 0 Å². The molecular formula is C9H14O. The smallest absolute Gasteiger partial charge is 0.0951 e. The maximum atomic E-state index is 5.74. The molecule has 1 spiro atoms. The average Bonchev–Trinajstić information content (AvgIpc) is 2.60. The van der Waals surface area contributed by atoms with Crippen molar-refractivity contribution in [1.29, 1.82) is 0 Å². The summed E-state index contributed by atoms with van der Waals surface area (Å²) in [6, 6.07) is 0. The van der Waals surface area contributed by atoms with Gasteiger partial charge in [-0.05, 0) is 31.6 Å². The molecule has 3 aliphatic rings. The summed E-state index contributed by atoms with van der Waals surface area (Å²) in [5.41, 5.74) is 0.446. The van der Waals surface area contributed by atoms with E-state index in [1.807, 2.05) is 0 Å². The highest BCUT2D eigenvalue weighted by atomic mass is 16.6. The molecule has 0 aromatic carbocycles. The Balaban J connectivity index is 1.87. The van der Waals surface area contributed by atoms with Gasteiger partial charge in [0.15, 0.2) is 0 Å². The third-order valence-corrected chi connectivity index (χ3v) is 3.59. The first-order valence-corrected chi connectivity index (χ1v) is 4.57. The highest BCUT2D eigenvalue weighted by Crippen LogP contribution is 2.56. The predicted octanol–water partition coefficient (Wildman–Crippen LogP) is 2.11. The summed E-state index contributed by atoms with van der Waals surface area (Å²) in [5, 5.41) is 0. The lowest BCUT2D eigenvalue weighted by atomic mass is 9.72. The van der Waals surface area contributed by atoms with E-state index in [0.717, 1.165) is 5.92 Å². The minimum atomic E-state index is 0.446. The molecule has 2 bridgehead atoms. The topological polar surface area (TPSA) is 12.5 Å². The van der Waals surface area contributed by atoms with Crippen molar-refractivity contribution >= 4 is 0 Å². The zero-order valence-corrected chi connectivity index (χ0v) is 6.31. The highest BCUT2D eigenvalue weighted by molar-refractivity contribution is 5.08. The minimum absolute atomic E-state index is 0.446. The highest BCUT2D eigenvalue weighted by Gasteiger charge is 2.59. The molecule has 1 heteroatoms. The Bertz CT molecular complexity index is 164. The number of epoxide rings is 1. The van der Waals surface area contributed by atoms with Crippen molar-refractivity contribution in [3.8, 4) is 0 Å². The van der Waals surface area contributed by atoms with Gasteiger partial charge in [-0.15, -0.1) is 0 Å². The van der Waals surface area contributed by atoms with Gasteiger partial charge in [-0.25, -0.2) is 0 Å². The van der Waals surface area contributed by atoms with Crippen LogP contribution >= 0.6 is 0 Å². The Morgan fingerprint density at radius 2 is 2.20 bits per heavy atom. The molecule has 0 radical (unpaired) electrons. The van der Waals surface area contributed by atoms with Crippen LogP contribution in [-0.2, 0) is 4.74 Å². The first-order chi connectivity index (χ1) is 4.89. The Labute approximate surface area is 61.8 Å². The molecule has 1 nitrogen and oxygen atoms in total. The second-order valence-electron chi connectivity index (χ2n) is 4.21. The predicted molar refractivity (Wildman–Crippen MR) is 38.8 cm³/mol. The van der Waals surface area contributed by atoms with Crippen molar-refractivity contribution in [3.05, 3.63) is 0 Å². The first-order valence-electron chi connectivity index (χ1n) is 4.57. The Hall–Kier alpha value is -0.0400. The molecule has 1 saturated heterocycles. The summed E-state index contributed by atoms with van der Waals surface area (Å²) >= 11 is 0. The number of fused-ring (bicyclic) bond motifs is 1. The SMILES string of the molecule is C1CC2CCC3OC3(C1)C2. The van der Waals surface area contributed by atoms with Gasteiger partial charge < -0.3 is 4.74 Å². The molecule has 0 aromatic rings. The van der Waals surface area contributed by atoms with Gasteiger partial charge in [-0.1, -0.05) is 12.8 Å². The summed E-state index contributed by atoms with van der Waals surface area (Å²) in [6.07, 6.45) is 9.20. The lowest BCUT2D eigenvalue weighted by Crippen LogP contribution is -2.29. The van der Waals surface area contributed by atoms with Gasteiger partial charge in [0.2, 0.25) is 0 Å². The van der Waals surface area contributed by atoms with Gasteiger partial charge >= 0.3 is 0 Å².